The van der Waals surface area contributed by atoms with E-state index in [-0.39, 0.29) is 0 Å². The maximum Gasteiger partial charge on any atom is 0.171 e. The first-order chi connectivity index (χ1) is 3.77. The molecule has 0 unspecified atom stereocenters. The van der Waals surface area contributed by atoms with Gasteiger partial charge in [0.25, 0.3) is 0 Å². The molecule has 0 aliphatic carbocycles. The third-order valence-corrected chi connectivity index (χ3v) is 0.571. The second-order valence-corrected chi connectivity index (χ2v) is 1.30. The minimum absolute atomic E-state index is 0.414. The molecule has 3 heteroatoms. The largest absolute Gasteiger partial charge is 0.381 e. The molecule has 48 valence electrons. The van der Waals surface area contributed by atoms with E-state index in [1.165, 1.54) is 19.3 Å². The van der Waals surface area contributed by atoms with Crippen molar-refractivity contribution in [3.63, 3.8) is 0 Å². The fourth-order valence-corrected chi connectivity index (χ4v) is 0.273. The Hall–Kier alpha value is -0.380. The number of aliphatic hydroxyl groups excluding tert-OH is 1. The van der Waals surface area contributed by atoms with Gasteiger partial charge in [-0.1, -0.05) is 6.08 Å². The summed E-state index contributed by atoms with van der Waals surface area (Å²) in [6, 6.07) is 0. The summed E-state index contributed by atoms with van der Waals surface area (Å²) >= 11 is 0. The average Bonchev–Trinajstić information content (AvgIpc) is 1.66. The van der Waals surface area contributed by atoms with Gasteiger partial charge in [-0.2, -0.15) is 0 Å². The lowest BCUT2D eigenvalue weighted by atomic mass is 10.5. The van der Waals surface area contributed by atoms with Crippen molar-refractivity contribution in [2.75, 3.05) is 13.7 Å². The molecule has 0 aliphatic rings. The van der Waals surface area contributed by atoms with Crippen LogP contribution in [0.25, 0.3) is 0 Å². The van der Waals surface area contributed by atoms with E-state index in [9.17, 15) is 0 Å². The third-order valence-electron chi connectivity index (χ3n) is 0.571. The van der Waals surface area contributed by atoms with Gasteiger partial charge in [0.15, 0.2) is 6.29 Å². The van der Waals surface area contributed by atoms with E-state index in [1.807, 2.05) is 0 Å². The van der Waals surface area contributed by atoms with Gasteiger partial charge in [-0.25, -0.2) is 0 Å². The van der Waals surface area contributed by atoms with E-state index in [2.05, 4.69) is 4.74 Å². The zero-order valence-electron chi connectivity index (χ0n) is 4.74. The Morgan fingerprint density at radius 1 is 1.62 bits per heavy atom. The van der Waals surface area contributed by atoms with Crippen LogP contribution in [0.1, 0.15) is 0 Å². The number of hydrogen-bond acceptors (Lipinski definition) is 3. The van der Waals surface area contributed by atoms with Gasteiger partial charge in [0.05, 0.1) is 6.61 Å². The van der Waals surface area contributed by atoms with Crippen molar-refractivity contribution in [3.05, 3.63) is 12.2 Å². The summed E-state index contributed by atoms with van der Waals surface area (Å²) in [5.74, 6) is 0. The van der Waals surface area contributed by atoms with E-state index in [0.717, 1.165) is 0 Å². The van der Waals surface area contributed by atoms with Gasteiger partial charge in [-0.3, -0.25) is 0 Å². The Morgan fingerprint density at radius 3 is 2.62 bits per heavy atom. The molecule has 3 nitrogen and oxygen atoms in total. The summed E-state index contributed by atoms with van der Waals surface area (Å²) in [6.07, 6.45) is 1.42. The first-order valence-corrected chi connectivity index (χ1v) is 2.29. The van der Waals surface area contributed by atoms with Crippen LogP contribution in [0.5, 0.6) is 0 Å². The highest BCUT2D eigenvalue weighted by molar-refractivity contribution is 4.82. The SMILES string of the molecule is COCC=CC(O)O. The molecule has 0 atom stereocenters. The van der Waals surface area contributed by atoms with E-state index in [1.54, 1.807) is 0 Å². The Balaban J connectivity index is 3.07. The maximum absolute atomic E-state index is 8.19. The van der Waals surface area contributed by atoms with Crippen LogP contribution in [0.15, 0.2) is 12.2 Å². The van der Waals surface area contributed by atoms with Crippen LogP contribution in [0.4, 0.5) is 0 Å². The smallest absolute Gasteiger partial charge is 0.171 e. The molecule has 0 aromatic heterocycles. The van der Waals surface area contributed by atoms with Gasteiger partial charge in [0.2, 0.25) is 0 Å². The van der Waals surface area contributed by atoms with Crippen LogP contribution in [0, 0.1) is 0 Å². The minimum Gasteiger partial charge on any atom is -0.381 e. The molecule has 8 heavy (non-hydrogen) atoms. The highest BCUT2D eigenvalue weighted by Crippen LogP contribution is 1.78. The zero-order valence-corrected chi connectivity index (χ0v) is 4.74. The summed E-state index contributed by atoms with van der Waals surface area (Å²) in [5, 5.41) is 16.4. The van der Waals surface area contributed by atoms with Crippen LogP contribution in [-0.4, -0.2) is 30.2 Å². The lowest BCUT2D eigenvalue weighted by Crippen LogP contribution is -1.98. The second-order valence-electron chi connectivity index (χ2n) is 1.30. The first kappa shape index (κ1) is 7.62. The van der Waals surface area contributed by atoms with E-state index >= 15 is 0 Å². The Labute approximate surface area is 48.2 Å². The summed E-state index contributed by atoms with van der Waals surface area (Å²) in [5.41, 5.74) is 0. The number of ether oxygens (including phenoxy) is 1. The molecule has 0 amide bonds. The summed E-state index contributed by atoms with van der Waals surface area (Å²) < 4.78 is 4.58. The summed E-state index contributed by atoms with van der Waals surface area (Å²) in [7, 11) is 1.54. The van der Waals surface area contributed by atoms with Crippen molar-refractivity contribution in [3.8, 4) is 0 Å². The Bertz CT molecular complexity index is 68.1. The fraction of sp³-hybridized carbons (Fsp3) is 0.600. The van der Waals surface area contributed by atoms with Crippen LogP contribution in [-0.2, 0) is 4.74 Å². The predicted octanol–water partition coefficient (Wildman–Crippen LogP) is -0.500. The van der Waals surface area contributed by atoms with Crippen molar-refractivity contribution >= 4 is 0 Å². The Kier molecular flexibility index (Phi) is 4.54. The molecule has 0 saturated carbocycles. The van der Waals surface area contributed by atoms with Crippen molar-refractivity contribution in [1.82, 2.24) is 0 Å². The van der Waals surface area contributed by atoms with Crippen LogP contribution in [0.3, 0.4) is 0 Å². The molecular weight excluding hydrogens is 108 g/mol. The Morgan fingerprint density at radius 2 is 2.25 bits per heavy atom. The highest BCUT2D eigenvalue weighted by Gasteiger charge is 1.83. The molecule has 0 aliphatic heterocycles. The van der Waals surface area contributed by atoms with E-state index < -0.39 is 6.29 Å². The molecule has 0 fully saturated rings. The zero-order chi connectivity index (χ0) is 6.41. The average molecular weight is 118 g/mol. The van der Waals surface area contributed by atoms with Crippen molar-refractivity contribution < 1.29 is 14.9 Å². The van der Waals surface area contributed by atoms with Gasteiger partial charge in [0.1, 0.15) is 0 Å². The first-order valence-electron chi connectivity index (χ1n) is 2.29. The minimum atomic E-state index is -1.36. The third kappa shape index (κ3) is 5.62. The summed E-state index contributed by atoms with van der Waals surface area (Å²) in [6.45, 7) is 0.414. The van der Waals surface area contributed by atoms with Crippen molar-refractivity contribution in [2.45, 2.75) is 6.29 Å². The number of aliphatic hydroxyl groups is 2. The molecular formula is C5H10O3. The number of methoxy groups -OCH3 is 1. The van der Waals surface area contributed by atoms with Gasteiger partial charge < -0.3 is 14.9 Å². The molecule has 0 aromatic rings. The van der Waals surface area contributed by atoms with E-state index in [4.69, 9.17) is 10.2 Å². The van der Waals surface area contributed by atoms with Crippen molar-refractivity contribution in [1.29, 1.82) is 0 Å². The lowest BCUT2D eigenvalue weighted by Gasteiger charge is -1.91. The molecule has 0 saturated heterocycles. The van der Waals surface area contributed by atoms with Gasteiger partial charge in [-0.15, -0.1) is 0 Å². The van der Waals surface area contributed by atoms with Gasteiger partial charge >= 0.3 is 0 Å². The normalized spacial score (nSPS) is 11.5. The molecule has 0 rings (SSSR count). The number of rotatable bonds is 3. The molecule has 2 N–H and O–H groups in total. The molecule has 0 bridgehead atoms. The highest BCUT2D eigenvalue weighted by atomic mass is 16.5. The molecule has 0 aromatic carbocycles. The van der Waals surface area contributed by atoms with E-state index in [0.29, 0.717) is 6.61 Å². The fourth-order valence-electron chi connectivity index (χ4n) is 0.273. The van der Waals surface area contributed by atoms with Gasteiger partial charge in [0, 0.05) is 7.11 Å². The number of hydrogen-bond donors (Lipinski definition) is 2. The maximum atomic E-state index is 8.19. The standard InChI is InChI=1S/C5H10O3/c1-8-4-2-3-5(6)7/h2-3,5-7H,4H2,1H3. The second kappa shape index (κ2) is 4.77. The monoisotopic (exact) mass is 118 g/mol. The predicted molar refractivity (Wildman–Crippen MR) is 29.2 cm³/mol. The molecule has 0 heterocycles. The lowest BCUT2D eigenvalue weighted by molar-refractivity contribution is 0.00183. The van der Waals surface area contributed by atoms with Gasteiger partial charge in [-0.05, 0) is 6.08 Å². The van der Waals surface area contributed by atoms with Crippen molar-refractivity contribution in [2.24, 2.45) is 0 Å². The van der Waals surface area contributed by atoms with Crippen LogP contribution < -0.4 is 0 Å². The topological polar surface area (TPSA) is 49.7 Å². The van der Waals surface area contributed by atoms with Crippen LogP contribution >= 0.6 is 0 Å². The quantitative estimate of drug-likeness (QED) is 0.388. The molecule has 0 radical (unpaired) electrons. The molecule has 0 spiro atoms. The summed E-state index contributed by atoms with van der Waals surface area (Å²) in [4.78, 5) is 0. The van der Waals surface area contributed by atoms with Crippen LogP contribution in [0.2, 0.25) is 0 Å².